The second-order valence-electron chi connectivity index (χ2n) is 4.71. The highest BCUT2D eigenvalue weighted by atomic mass is 35.5. The number of nitrogens with zero attached hydrogens (tertiary/aromatic N) is 3. The zero-order valence-corrected chi connectivity index (χ0v) is 12.0. The molecule has 3 rings (SSSR count). The van der Waals surface area contributed by atoms with Crippen LogP contribution in [0.4, 0.5) is 0 Å². The van der Waals surface area contributed by atoms with Crippen LogP contribution in [-0.2, 0) is 6.54 Å². The molecular formula is C15H15ClN4O. The Hall–Kier alpha value is -1.95. The van der Waals surface area contributed by atoms with Gasteiger partial charge in [0.15, 0.2) is 5.15 Å². The van der Waals surface area contributed by atoms with Crippen molar-refractivity contribution in [2.45, 2.75) is 12.6 Å². The Kier molecular flexibility index (Phi) is 4.15. The molecule has 0 amide bonds. The minimum Gasteiger partial charge on any atom is -0.387 e. The highest BCUT2D eigenvalue weighted by Crippen LogP contribution is 2.17. The van der Waals surface area contributed by atoms with Crippen LogP contribution in [0.2, 0.25) is 5.15 Å². The minimum atomic E-state index is -0.578. The molecule has 0 bridgehead atoms. The lowest BCUT2D eigenvalue weighted by Crippen LogP contribution is -2.22. The number of hydrogen-bond acceptors (Lipinski definition) is 4. The standard InChI is InChI=1S/C15H15ClN4O/c16-15-12(20-8-2-1-3-14(20)19-15)9-18-10-13(21)11-4-6-17-7-5-11/h1-8,13,18,21H,9-10H2. The molecule has 0 radical (unpaired) electrons. The van der Waals surface area contributed by atoms with Crippen LogP contribution in [0.5, 0.6) is 0 Å². The number of aromatic nitrogens is 3. The third-order valence-corrected chi connectivity index (χ3v) is 3.60. The highest BCUT2D eigenvalue weighted by molar-refractivity contribution is 6.30. The van der Waals surface area contributed by atoms with E-state index in [4.69, 9.17) is 11.6 Å². The van der Waals surface area contributed by atoms with Crippen LogP contribution in [-0.4, -0.2) is 26.0 Å². The van der Waals surface area contributed by atoms with E-state index in [9.17, 15) is 5.11 Å². The molecule has 21 heavy (non-hydrogen) atoms. The first-order valence-corrected chi connectivity index (χ1v) is 7.03. The Morgan fingerprint density at radius 2 is 2.05 bits per heavy atom. The van der Waals surface area contributed by atoms with Gasteiger partial charge in [-0.15, -0.1) is 0 Å². The molecule has 0 spiro atoms. The van der Waals surface area contributed by atoms with Crippen molar-refractivity contribution in [1.29, 1.82) is 0 Å². The predicted molar refractivity (Wildman–Crippen MR) is 81.1 cm³/mol. The largest absolute Gasteiger partial charge is 0.387 e. The number of halogens is 1. The monoisotopic (exact) mass is 302 g/mol. The fourth-order valence-corrected chi connectivity index (χ4v) is 2.45. The zero-order valence-electron chi connectivity index (χ0n) is 11.3. The Morgan fingerprint density at radius 1 is 1.24 bits per heavy atom. The van der Waals surface area contributed by atoms with Gasteiger partial charge in [0.2, 0.25) is 0 Å². The van der Waals surface area contributed by atoms with E-state index in [2.05, 4.69) is 15.3 Å². The van der Waals surface area contributed by atoms with Crippen molar-refractivity contribution < 1.29 is 5.11 Å². The Morgan fingerprint density at radius 3 is 2.86 bits per heavy atom. The maximum absolute atomic E-state index is 10.1. The Labute approximate surface area is 127 Å². The zero-order chi connectivity index (χ0) is 14.7. The van der Waals surface area contributed by atoms with Gasteiger partial charge in [0, 0.05) is 31.7 Å². The summed E-state index contributed by atoms with van der Waals surface area (Å²) in [5, 5.41) is 13.8. The summed E-state index contributed by atoms with van der Waals surface area (Å²) in [7, 11) is 0. The molecule has 5 nitrogen and oxygen atoms in total. The van der Waals surface area contributed by atoms with Crippen LogP contribution >= 0.6 is 11.6 Å². The van der Waals surface area contributed by atoms with E-state index in [1.165, 1.54) is 0 Å². The Balaban J connectivity index is 1.66. The number of fused-ring (bicyclic) bond motifs is 1. The number of aliphatic hydroxyl groups excluding tert-OH is 1. The molecule has 0 aliphatic heterocycles. The number of hydrogen-bond donors (Lipinski definition) is 2. The van der Waals surface area contributed by atoms with E-state index in [1.54, 1.807) is 24.5 Å². The van der Waals surface area contributed by atoms with Crippen LogP contribution in [0.3, 0.4) is 0 Å². The van der Waals surface area contributed by atoms with Gasteiger partial charge in [-0.3, -0.25) is 4.98 Å². The summed E-state index contributed by atoms with van der Waals surface area (Å²) < 4.78 is 1.94. The molecule has 0 aromatic carbocycles. The third kappa shape index (κ3) is 3.05. The summed E-state index contributed by atoms with van der Waals surface area (Å²) in [6.45, 7) is 0.965. The first-order valence-electron chi connectivity index (χ1n) is 6.66. The summed E-state index contributed by atoms with van der Waals surface area (Å²) in [4.78, 5) is 8.22. The summed E-state index contributed by atoms with van der Waals surface area (Å²) in [6, 6.07) is 9.35. The lowest BCUT2D eigenvalue weighted by atomic mass is 10.1. The molecule has 1 atom stereocenters. The van der Waals surface area contributed by atoms with Crippen LogP contribution in [0.1, 0.15) is 17.4 Å². The second kappa shape index (κ2) is 6.22. The fraction of sp³-hybridized carbons (Fsp3) is 0.200. The van der Waals surface area contributed by atoms with Gasteiger partial charge in [-0.25, -0.2) is 4.98 Å². The minimum absolute atomic E-state index is 0.431. The topological polar surface area (TPSA) is 62.5 Å². The molecule has 108 valence electrons. The van der Waals surface area contributed by atoms with Gasteiger partial charge >= 0.3 is 0 Å². The van der Waals surface area contributed by atoms with Crippen molar-refractivity contribution in [3.05, 3.63) is 65.3 Å². The van der Waals surface area contributed by atoms with E-state index in [1.807, 2.05) is 28.8 Å². The first-order chi connectivity index (χ1) is 10.3. The molecule has 6 heteroatoms. The quantitative estimate of drug-likeness (QED) is 0.758. The van der Waals surface area contributed by atoms with E-state index in [-0.39, 0.29) is 0 Å². The SMILES string of the molecule is OC(CNCc1c(Cl)nc2ccccn12)c1ccncc1. The summed E-state index contributed by atoms with van der Waals surface area (Å²) in [5.74, 6) is 0. The van der Waals surface area contributed by atoms with Crippen LogP contribution in [0.25, 0.3) is 5.65 Å². The molecule has 0 saturated carbocycles. The van der Waals surface area contributed by atoms with Crippen molar-refractivity contribution in [3.8, 4) is 0 Å². The maximum Gasteiger partial charge on any atom is 0.152 e. The first kappa shape index (κ1) is 14.0. The fourth-order valence-electron chi connectivity index (χ4n) is 2.21. The van der Waals surface area contributed by atoms with E-state index in [0.717, 1.165) is 16.9 Å². The van der Waals surface area contributed by atoms with Gasteiger partial charge in [-0.05, 0) is 29.8 Å². The summed E-state index contributed by atoms with van der Waals surface area (Å²) in [5.41, 5.74) is 2.53. The molecule has 1 unspecified atom stereocenters. The molecule has 0 aliphatic carbocycles. The predicted octanol–water partition coefficient (Wildman–Crippen LogP) is 2.21. The maximum atomic E-state index is 10.1. The molecule has 0 aliphatic rings. The lowest BCUT2D eigenvalue weighted by molar-refractivity contribution is 0.174. The smallest absolute Gasteiger partial charge is 0.152 e. The van der Waals surface area contributed by atoms with Crippen LogP contribution < -0.4 is 5.32 Å². The molecule has 3 heterocycles. The molecule has 3 aromatic heterocycles. The van der Waals surface area contributed by atoms with Crippen molar-refractivity contribution in [2.24, 2.45) is 0 Å². The van der Waals surface area contributed by atoms with Crippen LogP contribution in [0.15, 0.2) is 48.9 Å². The molecule has 0 fully saturated rings. The van der Waals surface area contributed by atoms with Crippen molar-refractivity contribution in [3.63, 3.8) is 0 Å². The van der Waals surface area contributed by atoms with Gasteiger partial charge in [-0.2, -0.15) is 0 Å². The van der Waals surface area contributed by atoms with Crippen molar-refractivity contribution >= 4 is 17.2 Å². The molecular weight excluding hydrogens is 288 g/mol. The van der Waals surface area contributed by atoms with Crippen molar-refractivity contribution in [2.75, 3.05) is 6.54 Å². The molecule has 0 saturated heterocycles. The highest BCUT2D eigenvalue weighted by Gasteiger charge is 2.11. The number of imidazole rings is 1. The van der Waals surface area contributed by atoms with Gasteiger partial charge in [0.05, 0.1) is 11.8 Å². The van der Waals surface area contributed by atoms with Crippen LogP contribution in [0, 0.1) is 0 Å². The normalized spacial score (nSPS) is 12.7. The van der Waals surface area contributed by atoms with Gasteiger partial charge in [-0.1, -0.05) is 17.7 Å². The summed E-state index contributed by atoms with van der Waals surface area (Å²) >= 11 is 6.16. The van der Waals surface area contributed by atoms with E-state index < -0.39 is 6.10 Å². The van der Waals surface area contributed by atoms with Crippen molar-refractivity contribution in [1.82, 2.24) is 19.7 Å². The summed E-state index contributed by atoms with van der Waals surface area (Å²) in [6.07, 6.45) is 4.68. The Bertz CT molecular complexity index is 729. The average molecular weight is 303 g/mol. The lowest BCUT2D eigenvalue weighted by Gasteiger charge is -2.12. The number of nitrogens with one attached hydrogen (secondary N) is 1. The third-order valence-electron chi connectivity index (χ3n) is 3.30. The van der Waals surface area contributed by atoms with Gasteiger partial charge in [0.25, 0.3) is 0 Å². The number of rotatable bonds is 5. The number of pyridine rings is 2. The van der Waals surface area contributed by atoms with E-state index in [0.29, 0.717) is 18.2 Å². The molecule has 2 N–H and O–H groups in total. The number of aliphatic hydroxyl groups is 1. The van der Waals surface area contributed by atoms with Gasteiger partial charge in [0.1, 0.15) is 5.65 Å². The van der Waals surface area contributed by atoms with Gasteiger partial charge < -0.3 is 14.8 Å². The average Bonchev–Trinajstić information content (AvgIpc) is 2.84. The second-order valence-corrected chi connectivity index (χ2v) is 5.06. The van der Waals surface area contributed by atoms with E-state index >= 15 is 0 Å². The molecule has 3 aromatic rings.